The second-order valence-electron chi connectivity index (χ2n) is 5.54. The van der Waals surface area contributed by atoms with Gasteiger partial charge in [-0.2, -0.15) is 0 Å². The number of hydrogen-bond donors (Lipinski definition) is 0. The number of nitrogens with zero attached hydrogens (tertiary/aromatic N) is 1. The van der Waals surface area contributed by atoms with Gasteiger partial charge in [-0.25, -0.2) is 0 Å². The molecular formula is C18H21NO. The first kappa shape index (κ1) is 13.3. The van der Waals surface area contributed by atoms with Gasteiger partial charge in [0.05, 0.1) is 0 Å². The second kappa shape index (κ2) is 5.04. The van der Waals surface area contributed by atoms with Crippen LogP contribution in [0.5, 0.6) is 0 Å². The van der Waals surface area contributed by atoms with E-state index >= 15 is 0 Å². The molecule has 3 rings (SSSR count). The fourth-order valence-electron chi connectivity index (χ4n) is 3.26. The fourth-order valence-corrected chi connectivity index (χ4v) is 3.26. The van der Waals surface area contributed by atoms with Crippen molar-refractivity contribution < 1.29 is 4.74 Å². The summed E-state index contributed by atoms with van der Waals surface area (Å²) in [6.45, 7) is 3.11. The molecular weight excluding hydrogens is 246 g/mol. The summed E-state index contributed by atoms with van der Waals surface area (Å²) >= 11 is 0. The van der Waals surface area contributed by atoms with Gasteiger partial charge in [0.25, 0.3) is 0 Å². The molecule has 104 valence electrons. The first-order valence-corrected chi connectivity index (χ1v) is 7.10. The molecule has 1 aliphatic heterocycles. The Hall–Kier alpha value is -1.64. The number of methoxy groups -OCH3 is 1. The van der Waals surface area contributed by atoms with E-state index in [0.29, 0.717) is 0 Å². The van der Waals surface area contributed by atoms with E-state index < -0.39 is 5.72 Å². The molecule has 0 aliphatic carbocycles. The van der Waals surface area contributed by atoms with Gasteiger partial charge in [-0.15, -0.1) is 0 Å². The molecule has 0 saturated carbocycles. The van der Waals surface area contributed by atoms with E-state index in [1.54, 1.807) is 7.11 Å². The lowest BCUT2D eigenvalue weighted by molar-refractivity contribution is -0.105. The Balaban J connectivity index is 2.23. The lowest BCUT2D eigenvalue weighted by atomic mass is 9.84. The van der Waals surface area contributed by atoms with Gasteiger partial charge in [-0.05, 0) is 26.0 Å². The van der Waals surface area contributed by atoms with Crippen LogP contribution in [0.25, 0.3) is 0 Å². The second-order valence-corrected chi connectivity index (χ2v) is 5.54. The smallest absolute Gasteiger partial charge is 0.173 e. The lowest BCUT2D eigenvalue weighted by Gasteiger charge is -2.45. The van der Waals surface area contributed by atoms with Crippen LogP contribution < -0.4 is 0 Å². The minimum Gasteiger partial charge on any atom is -0.355 e. The molecule has 2 aromatic rings. The zero-order valence-electron chi connectivity index (χ0n) is 12.4. The van der Waals surface area contributed by atoms with Crippen molar-refractivity contribution >= 4 is 0 Å². The summed E-state index contributed by atoms with van der Waals surface area (Å²) in [6.07, 6.45) is 1.07. The Morgan fingerprint density at radius 1 is 1.05 bits per heavy atom. The van der Waals surface area contributed by atoms with Crippen molar-refractivity contribution in [2.24, 2.45) is 0 Å². The maximum atomic E-state index is 6.07. The van der Waals surface area contributed by atoms with E-state index in [1.165, 1.54) is 22.3 Å². The van der Waals surface area contributed by atoms with Crippen molar-refractivity contribution in [3.8, 4) is 0 Å². The highest BCUT2D eigenvalue weighted by Gasteiger charge is 2.42. The molecule has 2 aromatic carbocycles. The number of likely N-dealkylation sites (N-methyl/N-ethyl adjacent to an activating group) is 1. The molecule has 1 atom stereocenters. The fraction of sp³-hybridized carbons (Fsp3) is 0.333. The van der Waals surface area contributed by atoms with Crippen molar-refractivity contribution in [2.75, 3.05) is 20.7 Å². The maximum Gasteiger partial charge on any atom is 0.173 e. The number of ether oxygens (including phenoxy) is 1. The van der Waals surface area contributed by atoms with E-state index in [1.807, 2.05) is 0 Å². The maximum absolute atomic E-state index is 6.07. The van der Waals surface area contributed by atoms with E-state index in [4.69, 9.17) is 4.74 Å². The van der Waals surface area contributed by atoms with Gasteiger partial charge in [0, 0.05) is 24.8 Å². The standard InChI is InChI=1S/C18H21NO/c1-14-8-10-16(11-9-14)18(20-3)17-7-5-4-6-15(17)12-13-19(18)2/h4-11H,12-13H2,1-3H3. The average Bonchev–Trinajstić information content (AvgIpc) is 2.49. The monoisotopic (exact) mass is 267 g/mol. The molecule has 0 fully saturated rings. The van der Waals surface area contributed by atoms with Crippen LogP contribution in [0.4, 0.5) is 0 Å². The van der Waals surface area contributed by atoms with Crippen LogP contribution in [0.15, 0.2) is 48.5 Å². The first-order chi connectivity index (χ1) is 9.68. The Morgan fingerprint density at radius 2 is 1.75 bits per heavy atom. The minimum atomic E-state index is -0.470. The minimum absolute atomic E-state index is 0.470. The molecule has 0 saturated heterocycles. The molecule has 1 aliphatic rings. The van der Waals surface area contributed by atoms with Crippen LogP contribution in [0.1, 0.15) is 22.3 Å². The molecule has 2 heteroatoms. The first-order valence-electron chi connectivity index (χ1n) is 7.10. The third-order valence-electron chi connectivity index (χ3n) is 4.37. The highest BCUT2D eigenvalue weighted by Crippen LogP contribution is 2.40. The summed E-state index contributed by atoms with van der Waals surface area (Å²) in [5, 5.41) is 0. The molecule has 1 heterocycles. The van der Waals surface area contributed by atoms with Crippen LogP contribution in [0.3, 0.4) is 0 Å². The number of fused-ring (bicyclic) bond motifs is 1. The van der Waals surface area contributed by atoms with Gasteiger partial charge >= 0.3 is 0 Å². The Morgan fingerprint density at radius 3 is 2.45 bits per heavy atom. The Labute approximate surface area is 121 Å². The predicted molar refractivity (Wildman–Crippen MR) is 81.7 cm³/mol. The molecule has 0 spiro atoms. The molecule has 20 heavy (non-hydrogen) atoms. The normalized spacial score (nSPS) is 22.6. The molecule has 0 aromatic heterocycles. The summed E-state index contributed by atoms with van der Waals surface area (Å²) in [4.78, 5) is 2.31. The van der Waals surface area contributed by atoms with Crippen LogP contribution in [-0.2, 0) is 16.9 Å². The summed E-state index contributed by atoms with van der Waals surface area (Å²) in [5.74, 6) is 0. The third kappa shape index (κ3) is 1.88. The van der Waals surface area contributed by atoms with Crippen LogP contribution in [0.2, 0.25) is 0 Å². The quantitative estimate of drug-likeness (QED) is 0.827. The SMILES string of the molecule is COC1(c2ccc(C)cc2)c2ccccc2CCN1C. The summed E-state index contributed by atoms with van der Waals surface area (Å²) in [7, 11) is 3.94. The van der Waals surface area contributed by atoms with E-state index in [-0.39, 0.29) is 0 Å². The van der Waals surface area contributed by atoms with Gasteiger partial charge in [0.15, 0.2) is 5.72 Å². The van der Waals surface area contributed by atoms with E-state index in [0.717, 1.165) is 13.0 Å². The topological polar surface area (TPSA) is 12.5 Å². The van der Waals surface area contributed by atoms with Crippen molar-refractivity contribution in [3.05, 3.63) is 70.8 Å². The zero-order chi connectivity index (χ0) is 14.2. The van der Waals surface area contributed by atoms with Gasteiger partial charge in [0.2, 0.25) is 0 Å². The molecule has 1 unspecified atom stereocenters. The lowest BCUT2D eigenvalue weighted by Crippen LogP contribution is -2.50. The Bertz CT molecular complexity index is 605. The van der Waals surface area contributed by atoms with Crippen LogP contribution in [0, 0.1) is 6.92 Å². The summed E-state index contributed by atoms with van der Waals surface area (Å²) in [6, 6.07) is 17.3. The number of hydrogen-bond acceptors (Lipinski definition) is 2. The van der Waals surface area contributed by atoms with Gasteiger partial charge in [-0.1, -0.05) is 54.1 Å². The number of rotatable bonds is 2. The third-order valence-corrected chi connectivity index (χ3v) is 4.37. The van der Waals surface area contributed by atoms with Crippen molar-refractivity contribution in [1.82, 2.24) is 4.90 Å². The van der Waals surface area contributed by atoms with Crippen LogP contribution >= 0.6 is 0 Å². The Kier molecular flexibility index (Phi) is 3.36. The summed E-state index contributed by atoms with van der Waals surface area (Å²) < 4.78 is 6.07. The molecule has 2 nitrogen and oxygen atoms in total. The number of aryl methyl sites for hydroxylation is 1. The van der Waals surface area contributed by atoms with Crippen molar-refractivity contribution in [3.63, 3.8) is 0 Å². The van der Waals surface area contributed by atoms with Crippen molar-refractivity contribution in [2.45, 2.75) is 19.1 Å². The van der Waals surface area contributed by atoms with E-state index in [9.17, 15) is 0 Å². The molecule has 0 bridgehead atoms. The average molecular weight is 267 g/mol. The molecule has 0 amide bonds. The van der Waals surface area contributed by atoms with Gasteiger partial charge in [-0.3, -0.25) is 4.90 Å². The predicted octanol–water partition coefficient (Wildman–Crippen LogP) is 3.33. The number of benzene rings is 2. The molecule has 0 radical (unpaired) electrons. The van der Waals surface area contributed by atoms with E-state index in [2.05, 4.69) is 67.4 Å². The largest absolute Gasteiger partial charge is 0.355 e. The zero-order valence-corrected chi connectivity index (χ0v) is 12.4. The van der Waals surface area contributed by atoms with Gasteiger partial charge in [0.1, 0.15) is 0 Å². The summed E-state index contributed by atoms with van der Waals surface area (Å²) in [5.41, 5.74) is 4.64. The highest BCUT2D eigenvalue weighted by atomic mass is 16.5. The highest BCUT2D eigenvalue weighted by molar-refractivity contribution is 5.43. The van der Waals surface area contributed by atoms with Gasteiger partial charge < -0.3 is 4.74 Å². The van der Waals surface area contributed by atoms with Crippen molar-refractivity contribution in [1.29, 1.82) is 0 Å². The molecule has 0 N–H and O–H groups in total. The van der Waals surface area contributed by atoms with Crippen LogP contribution in [-0.4, -0.2) is 25.6 Å².